The molecule has 0 bridgehead atoms. The van der Waals surface area contributed by atoms with Crippen LogP contribution in [0.15, 0.2) is 93.8 Å². The molecule has 0 N–H and O–H groups in total. The number of benzene rings is 3. The van der Waals surface area contributed by atoms with E-state index in [0.717, 1.165) is 26.7 Å². The van der Waals surface area contributed by atoms with Crippen LogP contribution >= 0.6 is 11.8 Å². The first-order valence-electron chi connectivity index (χ1n) is 9.33. The van der Waals surface area contributed by atoms with E-state index >= 15 is 0 Å². The van der Waals surface area contributed by atoms with Gasteiger partial charge in [-0.25, -0.2) is 5.01 Å². The summed E-state index contributed by atoms with van der Waals surface area (Å²) in [6, 6.07) is 25.2. The first-order chi connectivity index (χ1) is 14.2. The standard InChI is InChI=1S/C23H17N3O2S/c27-22-14-17(16-8-2-1-3-9-16)24-25(22)15-23(28)26-18-10-4-6-12-20(18)29-21-13-7-5-11-19(21)26/h1-13H,14-15H2. The second-order valence-electron chi connectivity index (χ2n) is 6.81. The molecule has 3 aromatic carbocycles. The number of carbonyl (C=O) groups is 2. The minimum absolute atomic E-state index is 0.0947. The van der Waals surface area contributed by atoms with E-state index in [0.29, 0.717) is 5.71 Å². The van der Waals surface area contributed by atoms with Crippen molar-refractivity contribution in [3.05, 3.63) is 84.4 Å². The Bertz CT molecular complexity index is 1100. The number of rotatable bonds is 3. The Labute approximate surface area is 172 Å². The summed E-state index contributed by atoms with van der Waals surface area (Å²) >= 11 is 1.64. The van der Waals surface area contributed by atoms with Gasteiger partial charge in [0, 0.05) is 9.79 Å². The van der Waals surface area contributed by atoms with Crippen LogP contribution in [0.2, 0.25) is 0 Å². The summed E-state index contributed by atoms with van der Waals surface area (Å²) in [6.45, 7) is -0.0947. The Morgan fingerprint density at radius 3 is 2.10 bits per heavy atom. The van der Waals surface area contributed by atoms with Crippen molar-refractivity contribution in [2.24, 2.45) is 5.10 Å². The van der Waals surface area contributed by atoms with E-state index in [4.69, 9.17) is 0 Å². The molecule has 2 aliphatic heterocycles. The first kappa shape index (κ1) is 17.7. The number of hydrogen-bond donors (Lipinski definition) is 0. The van der Waals surface area contributed by atoms with Crippen molar-refractivity contribution in [1.29, 1.82) is 0 Å². The molecule has 142 valence electrons. The molecular formula is C23H17N3O2S. The van der Waals surface area contributed by atoms with Gasteiger partial charge in [-0.2, -0.15) is 5.10 Å². The Hall–Kier alpha value is -3.38. The Kier molecular flexibility index (Phi) is 4.41. The molecule has 3 aromatic rings. The largest absolute Gasteiger partial charge is 0.277 e. The lowest BCUT2D eigenvalue weighted by atomic mass is 10.1. The van der Waals surface area contributed by atoms with Gasteiger partial charge in [-0.15, -0.1) is 0 Å². The van der Waals surface area contributed by atoms with E-state index < -0.39 is 0 Å². The van der Waals surface area contributed by atoms with Crippen molar-refractivity contribution >= 4 is 40.7 Å². The maximum Gasteiger partial charge on any atom is 0.253 e. The second-order valence-corrected chi connectivity index (χ2v) is 7.89. The number of amides is 2. The summed E-state index contributed by atoms with van der Waals surface area (Å²) in [7, 11) is 0. The maximum atomic E-state index is 13.3. The normalized spacial score (nSPS) is 15.0. The van der Waals surface area contributed by atoms with Crippen LogP contribution in [0.25, 0.3) is 0 Å². The van der Waals surface area contributed by atoms with E-state index in [2.05, 4.69) is 5.10 Å². The average Bonchev–Trinajstić information content (AvgIpc) is 3.12. The molecule has 29 heavy (non-hydrogen) atoms. The summed E-state index contributed by atoms with van der Waals surface area (Å²) in [5.74, 6) is -0.346. The molecule has 0 unspecified atom stereocenters. The monoisotopic (exact) mass is 399 g/mol. The highest BCUT2D eigenvalue weighted by molar-refractivity contribution is 7.99. The Morgan fingerprint density at radius 2 is 1.45 bits per heavy atom. The smallest absolute Gasteiger partial charge is 0.253 e. The molecule has 5 rings (SSSR count). The van der Waals surface area contributed by atoms with Gasteiger partial charge in [-0.3, -0.25) is 14.5 Å². The third kappa shape index (κ3) is 3.21. The fourth-order valence-electron chi connectivity index (χ4n) is 3.56. The lowest BCUT2D eigenvalue weighted by Crippen LogP contribution is -2.38. The van der Waals surface area contributed by atoms with Gasteiger partial charge in [0.05, 0.1) is 23.5 Å². The van der Waals surface area contributed by atoms with E-state index in [1.165, 1.54) is 5.01 Å². The third-order valence-corrected chi connectivity index (χ3v) is 6.05. The topological polar surface area (TPSA) is 53.0 Å². The summed E-state index contributed by atoms with van der Waals surface area (Å²) in [5.41, 5.74) is 3.26. The van der Waals surface area contributed by atoms with Crippen molar-refractivity contribution in [1.82, 2.24) is 5.01 Å². The zero-order valence-electron chi connectivity index (χ0n) is 15.5. The molecule has 0 spiro atoms. The third-order valence-electron chi connectivity index (χ3n) is 4.92. The Morgan fingerprint density at radius 1 is 0.862 bits per heavy atom. The van der Waals surface area contributed by atoms with Gasteiger partial charge < -0.3 is 0 Å². The van der Waals surface area contributed by atoms with Crippen LogP contribution in [0.5, 0.6) is 0 Å². The molecule has 0 aromatic heterocycles. The molecule has 2 heterocycles. The number of hydrazone groups is 1. The molecule has 0 aliphatic carbocycles. The molecule has 2 aliphatic rings. The number of fused-ring (bicyclic) bond motifs is 2. The average molecular weight is 399 g/mol. The van der Waals surface area contributed by atoms with Crippen LogP contribution in [0.1, 0.15) is 12.0 Å². The van der Waals surface area contributed by atoms with Gasteiger partial charge >= 0.3 is 0 Å². The zero-order valence-corrected chi connectivity index (χ0v) is 16.3. The van der Waals surface area contributed by atoms with Gasteiger partial charge in [-0.05, 0) is 29.8 Å². The van der Waals surface area contributed by atoms with Crippen molar-refractivity contribution in [2.45, 2.75) is 16.2 Å². The zero-order chi connectivity index (χ0) is 19.8. The van der Waals surface area contributed by atoms with Crippen molar-refractivity contribution in [3.63, 3.8) is 0 Å². The van der Waals surface area contributed by atoms with E-state index in [1.54, 1.807) is 16.7 Å². The molecule has 0 fully saturated rings. The van der Waals surface area contributed by atoms with Crippen LogP contribution in [-0.2, 0) is 9.59 Å². The molecule has 5 nitrogen and oxygen atoms in total. The number of para-hydroxylation sites is 2. The molecule has 0 atom stereocenters. The van der Waals surface area contributed by atoms with Gasteiger partial charge in [0.1, 0.15) is 6.54 Å². The van der Waals surface area contributed by atoms with Gasteiger partial charge in [0.25, 0.3) is 5.91 Å². The second kappa shape index (κ2) is 7.22. The fraction of sp³-hybridized carbons (Fsp3) is 0.0870. The summed E-state index contributed by atoms with van der Waals surface area (Å²) in [6.07, 6.45) is 0.209. The van der Waals surface area contributed by atoms with E-state index in [-0.39, 0.29) is 24.8 Å². The quantitative estimate of drug-likeness (QED) is 0.654. The lowest BCUT2D eigenvalue weighted by molar-refractivity contribution is -0.132. The summed E-state index contributed by atoms with van der Waals surface area (Å²) < 4.78 is 0. The molecule has 0 saturated heterocycles. The maximum absolute atomic E-state index is 13.3. The molecule has 2 amide bonds. The highest BCUT2D eigenvalue weighted by atomic mass is 32.2. The predicted octanol–water partition coefficient (Wildman–Crippen LogP) is 4.45. The Balaban J connectivity index is 1.46. The molecule has 0 radical (unpaired) electrons. The summed E-state index contributed by atoms with van der Waals surface area (Å²) in [4.78, 5) is 29.6. The van der Waals surface area contributed by atoms with Crippen LogP contribution < -0.4 is 4.90 Å². The number of carbonyl (C=O) groups excluding carboxylic acids is 2. The van der Waals surface area contributed by atoms with Crippen LogP contribution in [0.4, 0.5) is 11.4 Å². The molecular weight excluding hydrogens is 382 g/mol. The van der Waals surface area contributed by atoms with Crippen LogP contribution in [0.3, 0.4) is 0 Å². The minimum atomic E-state index is -0.184. The predicted molar refractivity (Wildman–Crippen MR) is 113 cm³/mol. The number of hydrogen-bond acceptors (Lipinski definition) is 4. The highest BCUT2D eigenvalue weighted by Gasteiger charge is 2.32. The van der Waals surface area contributed by atoms with E-state index in [9.17, 15) is 9.59 Å². The number of nitrogens with zero attached hydrogens (tertiary/aromatic N) is 3. The van der Waals surface area contributed by atoms with E-state index in [1.807, 2.05) is 78.9 Å². The molecule has 0 saturated carbocycles. The van der Waals surface area contributed by atoms with Crippen molar-refractivity contribution in [2.75, 3.05) is 11.4 Å². The number of anilines is 2. The van der Waals surface area contributed by atoms with Crippen molar-refractivity contribution in [3.8, 4) is 0 Å². The first-order valence-corrected chi connectivity index (χ1v) is 10.1. The molecule has 6 heteroatoms. The minimum Gasteiger partial charge on any atom is -0.277 e. The lowest BCUT2D eigenvalue weighted by Gasteiger charge is -2.31. The van der Waals surface area contributed by atoms with Gasteiger partial charge in [0.2, 0.25) is 5.91 Å². The summed E-state index contributed by atoms with van der Waals surface area (Å²) in [5, 5.41) is 5.72. The van der Waals surface area contributed by atoms with Crippen LogP contribution in [0, 0.1) is 0 Å². The van der Waals surface area contributed by atoms with Gasteiger partial charge in [0.15, 0.2) is 0 Å². The SMILES string of the molecule is O=C1CC(c2ccccc2)=NN1CC(=O)N1c2ccccc2Sc2ccccc21. The van der Waals surface area contributed by atoms with Crippen molar-refractivity contribution < 1.29 is 9.59 Å². The fourth-order valence-corrected chi connectivity index (χ4v) is 4.62. The highest BCUT2D eigenvalue weighted by Crippen LogP contribution is 2.47. The van der Waals surface area contributed by atoms with Crippen LogP contribution in [-0.4, -0.2) is 29.1 Å². The van der Waals surface area contributed by atoms with Gasteiger partial charge in [-0.1, -0.05) is 66.4 Å².